The van der Waals surface area contributed by atoms with Gasteiger partial charge in [0.25, 0.3) is 5.15 Å². The molecule has 1 aromatic rings. The Kier molecular flexibility index (Phi) is 2.58. The van der Waals surface area contributed by atoms with Crippen LogP contribution in [0.2, 0.25) is 10.2 Å². The van der Waals surface area contributed by atoms with Crippen molar-refractivity contribution in [3.8, 4) is 0 Å². The third-order valence-electron chi connectivity index (χ3n) is 1.28. The number of hydrogen-bond acceptors (Lipinski definition) is 1. The molecule has 0 saturated heterocycles. The highest BCUT2D eigenvalue weighted by atomic mass is 35.5. The molecule has 0 bridgehead atoms. The van der Waals surface area contributed by atoms with Crippen LogP contribution >= 0.6 is 23.2 Å². The molecule has 0 amide bonds. The van der Waals surface area contributed by atoms with Crippen LogP contribution in [0.15, 0.2) is 12.3 Å². The molecule has 1 heterocycles. The van der Waals surface area contributed by atoms with Crippen LogP contribution in [-0.2, 0) is 6.18 Å². The Bertz CT molecular complexity index is 339. The van der Waals surface area contributed by atoms with E-state index in [4.69, 9.17) is 23.2 Å². The van der Waals surface area contributed by atoms with Gasteiger partial charge in [-0.1, -0.05) is 11.6 Å². The normalized spacial score (nSPS) is 11.8. The number of hydrogen-bond donors (Lipinski definition) is 0. The molecule has 0 aliphatic carbocycles. The van der Waals surface area contributed by atoms with Gasteiger partial charge in [-0.3, -0.25) is 0 Å². The summed E-state index contributed by atoms with van der Waals surface area (Å²) >= 11 is 10.4. The Morgan fingerprint density at radius 3 is 2.23 bits per heavy atom. The summed E-state index contributed by atoms with van der Waals surface area (Å²) in [7, 11) is 0. The van der Waals surface area contributed by atoms with Crippen molar-refractivity contribution in [1.82, 2.24) is 0 Å². The smallest absolute Gasteiger partial charge is 0.425 e. The second-order valence-corrected chi connectivity index (χ2v) is 2.92. The summed E-state index contributed by atoms with van der Waals surface area (Å²) in [6.45, 7) is 0. The van der Waals surface area contributed by atoms with Crippen molar-refractivity contribution < 1.29 is 17.9 Å². The second-order valence-electron chi connectivity index (χ2n) is 2.15. The molecule has 7 heteroatoms. The lowest BCUT2D eigenvalue weighted by Crippen LogP contribution is -2.30. The fourth-order valence-electron chi connectivity index (χ4n) is 0.743. The fraction of sp³-hybridized carbons (Fsp3) is 0.167. The van der Waals surface area contributed by atoms with E-state index in [0.29, 0.717) is 0 Å². The molecule has 0 aliphatic rings. The van der Waals surface area contributed by atoms with Gasteiger partial charge in [0.05, 0.1) is 5.02 Å². The third-order valence-corrected chi connectivity index (χ3v) is 1.95. The molecular formula is C6H2Cl2F3NO. The number of nitrogens with zero attached hydrogens (tertiary/aromatic N) is 1. The zero-order chi connectivity index (χ0) is 10.2. The Labute approximate surface area is 81.1 Å². The lowest BCUT2D eigenvalue weighted by Gasteiger charge is -2.09. The van der Waals surface area contributed by atoms with Crippen molar-refractivity contribution in [3.63, 3.8) is 0 Å². The van der Waals surface area contributed by atoms with Crippen LogP contribution in [0, 0.1) is 5.21 Å². The third kappa shape index (κ3) is 1.97. The topological polar surface area (TPSA) is 26.9 Å². The van der Waals surface area contributed by atoms with E-state index in [1.165, 1.54) is 0 Å². The zero-order valence-corrected chi connectivity index (χ0v) is 7.41. The zero-order valence-electron chi connectivity index (χ0n) is 5.90. The molecular weight excluding hydrogens is 230 g/mol. The maximum atomic E-state index is 12.2. The summed E-state index contributed by atoms with van der Waals surface area (Å²) in [6, 6.07) is 0.837. The predicted octanol–water partition coefficient (Wildman–Crippen LogP) is 2.65. The number of alkyl halides is 3. The molecule has 0 spiro atoms. The van der Waals surface area contributed by atoms with E-state index < -0.39 is 21.9 Å². The van der Waals surface area contributed by atoms with Crippen molar-refractivity contribution in [3.05, 3.63) is 33.2 Å². The van der Waals surface area contributed by atoms with Crippen LogP contribution in [0.5, 0.6) is 0 Å². The first-order valence-electron chi connectivity index (χ1n) is 2.98. The summed E-state index contributed by atoms with van der Waals surface area (Å²) in [5.74, 6) is 0. The van der Waals surface area contributed by atoms with E-state index in [-0.39, 0.29) is 4.73 Å². The average molecular weight is 232 g/mol. The van der Waals surface area contributed by atoms with Gasteiger partial charge in [0.1, 0.15) is 0 Å². The minimum atomic E-state index is -4.72. The predicted molar refractivity (Wildman–Crippen MR) is 40.4 cm³/mol. The standard InChI is InChI=1S/C6H2Cl2F3NO/c7-3-1-2-12(13)5(8)4(3)6(9,10)11/h1-2H. The first-order valence-corrected chi connectivity index (χ1v) is 3.74. The maximum Gasteiger partial charge on any atom is 0.425 e. The van der Waals surface area contributed by atoms with Crippen LogP contribution in [-0.4, -0.2) is 0 Å². The van der Waals surface area contributed by atoms with Crippen LogP contribution in [0.4, 0.5) is 13.2 Å². The highest BCUT2D eigenvalue weighted by molar-refractivity contribution is 6.34. The highest BCUT2D eigenvalue weighted by Gasteiger charge is 2.39. The van der Waals surface area contributed by atoms with E-state index in [2.05, 4.69) is 0 Å². The summed E-state index contributed by atoms with van der Waals surface area (Å²) in [5, 5.41) is 9.10. The largest absolute Gasteiger partial charge is 0.618 e. The molecule has 2 nitrogen and oxygen atoms in total. The van der Waals surface area contributed by atoms with Gasteiger partial charge in [-0.05, 0) is 11.6 Å². The minimum absolute atomic E-state index is 0.101. The lowest BCUT2D eigenvalue weighted by atomic mass is 10.3. The Morgan fingerprint density at radius 2 is 1.85 bits per heavy atom. The van der Waals surface area contributed by atoms with Gasteiger partial charge >= 0.3 is 6.18 Å². The van der Waals surface area contributed by atoms with Crippen molar-refractivity contribution in [1.29, 1.82) is 0 Å². The number of rotatable bonds is 0. The molecule has 0 aromatic carbocycles. The highest BCUT2D eigenvalue weighted by Crippen LogP contribution is 2.37. The van der Waals surface area contributed by atoms with Crippen molar-refractivity contribution in [2.45, 2.75) is 6.18 Å². The summed E-state index contributed by atoms with van der Waals surface area (Å²) in [4.78, 5) is 0. The van der Waals surface area contributed by atoms with E-state index in [9.17, 15) is 18.4 Å². The number of aromatic nitrogens is 1. The molecule has 0 unspecified atom stereocenters. The first-order chi connectivity index (χ1) is 5.84. The summed E-state index contributed by atoms with van der Waals surface area (Å²) in [5.41, 5.74) is -1.31. The van der Waals surface area contributed by atoms with Gasteiger partial charge in [-0.15, -0.1) is 0 Å². The van der Waals surface area contributed by atoms with E-state index in [1.54, 1.807) is 0 Å². The monoisotopic (exact) mass is 231 g/mol. The molecule has 0 saturated carbocycles. The van der Waals surface area contributed by atoms with E-state index in [1.807, 2.05) is 0 Å². The Balaban J connectivity index is 3.43. The second kappa shape index (κ2) is 3.23. The molecule has 0 N–H and O–H groups in total. The molecule has 1 aromatic heterocycles. The minimum Gasteiger partial charge on any atom is -0.618 e. The van der Waals surface area contributed by atoms with Crippen molar-refractivity contribution in [2.75, 3.05) is 0 Å². The van der Waals surface area contributed by atoms with Gasteiger partial charge < -0.3 is 5.21 Å². The molecule has 13 heavy (non-hydrogen) atoms. The average Bonchev–Trinajstić information content (AvgIpc) is 1.95. The van der Waals surface area contributed by atoms with E-state index >= 15 is 0 Å². The number of pyridine rings is 1. The first kappa shape index (κ1) is 10.4. The van der Waals surface area contributed by atoms with Crippen LogP contribution < -0.4 is 4.73 Å². The molecule has 0 atom stereocenters. The van der Waals surface area contributed by atoms with Gasteiger partial charge in [0, 0.05) is 6.07 Å². The molecule has 0 fully saturated rings. The van der Waals surface area contributed by atoms with Gasteiger partial charge in [0.15, 0.2) is 11.8 Å². The molecule has 1 rings (SSSR count). The summed E-state index contributed by atoms with van der Waals surface area (Å²) < 4.78 is 36.4. The molecule has 0 radical (unpaired) electrons. The van der Waals surface area contributed by atoms with Crippen LogP contribution in [0.25, 0.3) is 0 Å². The SMILES string of the molecule is [O-][n+]1ccc(Cl)c(C(F)(F)F)c1Cl. The summed E-state index contributed by atoms with van der Waals surface area (Å²) in [6.07, 6.45) is -3.92. The fourth-order valence-corrected chi connectivity index (χ4v) is 1.31. The van der Waals surface area contributed by atoms with Gasteiger partial charge in [-0.25, -0.2) is 0 Å². The van der Waals surface area contributed by atoms with Crippen molar-refractivity contribution in [2.24, 2.45) is 0 Å². The van der Waals surface area contributed by atoms with Crippen LogP contribution in [0.3, 0.4) is 0 Å². The Morgan fingerprint density at radius 1 is 1.31 bits per heavy atom. The van der Waals surface area contributed by atoms with Gasteiger partial charge in [-0.2, -0.15) is 17.9 Å². The molecule has 72 valence electrons. The van der Waals surface area contributed by atoms with Crippen molar-refractivity contribution >= 4 is 23.2 Å². The quantitative estimate of drug-likeness (QED) is 0.383. The lowest BCUT2D eigenvalue weighted by molar-refractivity contribution is -0.604. The number of halogens is 5. The van der Waals surface area contributed by atoms with E-state index in [0.717, 1.165) is 12.3 Å². The van der Waals surface area contributed by atoms with Crippen LogP contribution in [0.1, 0.15) is 5.56 Å². The molecule has 0 aliphatic heterocycles. The Hall–Kier alpha value is -0.680. The maximum absolute atomic E-state index is 12.2. The van der Waals surface area contributed by atoms with Gasteiger partial charge in [0.2, 0.25) is 0 Å².